The first-order chi connectivity index (χ1) is 10.6. The highest BCUT2D eigenvalue weighted by Crippen LogP contribution is 2.32. The molecule has 0 bridgehead atoms. The molecule has 1 aromatic carbocycles. The minimum absolute atomic E-state index is 0.0469. The second-order valence-electron chi connectivity index (χ2n) is 5.81. The summed E-state index contributed by atoms with van der Waals surface area (Å²) in [5, 5.41) is 17.2. The zero-order valence-corrected chi connectivity index (χ0v) is 12.2. The van der Waals surface area contributed by atoms with Gasteiger partial charge in [0, 0.05) is 24.0 Å². The second kappa shape index (κ2) is 6.54. The van der Waals surface area contributed by atoms with Crippen LogP contribution in [0.25, 0.3) is 0 Å². The number of likely N-dealkylation sites (tertiary alicyclic amines) is 1. The third kappa shape index (κ3) is 3.34. The summed E-state index contributed by atoms with van der Waals surface area (Å²) in [5.74, 6) is -1.12. The summed E-state index contributed by atoms with van der Waals surface area (Å²) in [6.45, 7) is 2.42. The predicted molar refractivity (Wildman–Crippen MR) is 77.9 cm³/mol. The van der Waals surface area contributed by atoms with E-state index in [0.29, 0.717) is 0 Å². The number of rotatable bonds is 4. The number of benzene rings is 1. The summed E-state index contributed by atoms with van der Waals surface area (Å²) >= 11 is 0. The van der Waals surface area contributed by atoms with Gasteiger partial charge in [0.2, 0.25) is 0 Å². The molecule has 1 aliphatic heterocycles. The Kier molecular flexibility index (Phi) is 4.49. The van der Waals surface area contributed by atoms with Crippen LogP contribution < -0.4 is 0 Å². The van der Waals surface area contributed by atoms with Gasteiger partial charge in [-0.05, 0) is 56.1 Å². The molecule has 0 amide bonds. The quantitative estimate of drug-likeness (QED) is 0.913. The Morgan fingerprint density at radius 3 is 2.73 bits per heavy atom. The van der Waals surface area contributed by atoms with Crippen molar-refractivity contribution in [1.82, 2.24) is 15.1 Å². The Morgan fingerprint density at radius 1 is 1.27 bits per heavy atom. The van der Waals surface area contributed by atoms with Crippen molar-refractivity contribution in [3.05, 3.63) is 53.4 Å². The lowest BCUT2D eigenvalue weighted by atomic mass is 9.87. The summed E-state index contributed by atoms with van der Waals surface area (Å²) in [7, 11) is 0. The van der Waals surface area contributed by atoms with Gasteiger partial charge in [0.25, 0.3) is 0 Å². The Morgan fingerprint density at radius 2 is 2.05 bits per heavy atom. The lowest BCUT2D eigenvalue weighted by Crippen LogP contribution is -2.35. The van der Waals surface area contributed by atoms with Crippen molar-refractivity contribution < 1.29 is 13.9 Å². The van der Waals surface area contributed by atoms with E-state index in [1.165, 1.54) is 0 Å². The summed E-state index contributed by atoms with van der Waals surface area (Å²) < 4.78 is 27.0. The van der Waals surface area contributed by atoms with Crippen LogP contribution in [-0.2, 0) is 6.54 Å². The number of hydrogen-bond acceptors (Lipinski definition) is 3. The van der Waals surface area contributed by atoms with Gasteiger partial charge in [-0.25, -0.2) is 8.78 Å². The normalized spacial score (nSPS) is 18.5. The van der Waals surface area contributed by atoms with Crippen LogP contribution in [0.1, 0.15) is 30.2 Å². The van der Waals surface area contributed by atoms with E-state index in [9.17, 15) is 13.9 Å². The average molecular weight is 307 g/mol. The molecule has 6 heteroatoms. The van der Waals surface area contributed by atoms with Crippen molar-refractivity contribution in [3.8, 4) is 0 Å². The molecule has 22 heavy (non-hydrogen) atoms. The van der Waals surface area contributed by atoms with Crippen molar-refractivity contribution in [2.24, 2.45) is 5.92 Å². The van der Waals surface area contributed by atoms with Crippen molar-refractivity contribution in [3.63, 3.8) is 0 Å². The van der Waals surface area contributed by atoms with Gasteiger partial charge in [0.15, 0.2) is 0 Å². The molecule has 1 aromatic heterocycles. The summed E-state index contributed by atoms with van der Waals surface area (Å²) in [6.07, 6.45) is 2.28. The maximum Gasteiger partial charge on any atom is 0.129 e. The molecule has 2 heterocycles. The SMILES string of the molecule is OC(c1cc(F)ccc1F)C1CCN(Cc2ccn[nH]2)CC1. The standard InChI is InChI=1S/C16H19F2N3O/c17-12-1-2-15(18)14(9-12)16(22)11-4-7-21(8-5-11)10-13-3-6-19-20-13/h1-3,6,9,11,16,22H,4-5,7-8,10H2,(H,19,20). The zero-order chi connectivity index (χ0) is 15.5. The highest BCUT2D eigenvalue weighted by Gasteiger charge is 2.28. The van der Waals surface area contributed by atoms with E-state index in [4.69, 9.17) is 0 Å². The number of H-pyrrole nitrogens is 1. The van der Waals surface area contributed by atoms with Gasteiger partial charge in [-0.3, -0.25) is 10.00 Å². The van der Waals surface area contributed by atoms with Crippen LogP contribution in [0.5, 0.6) is 0 Å². The number of nitrogens with one attached hydrogen (secondary N) is 1. The van der Waals surface area contributed by atoms with Gasteiger partial charge in [0.05, 0.1) is 6.10 Å². The fraction of sp³-hybridized carbons (Fsp3) is 0.438. The average Bonchev–Trinajstić information content (AvgIpc) is 3.03. The van der Waals surface area contributed by atoms with E-state index in [0.717, 1.165) is 56.4 Å². The Labute approximate surface area is 127 Å². The van der Waals surface area contributed by atoms with Gasteiger partial charge in [-0.1, -0.05) is 0 Å². The molecule has 2 N–H and O–H groups in total. The monoisotopic (exact) mass is 307 g/mol. The van der Waals surface area contributed by atoms with Crippen LogP contribution in [0.2, 0.25) is 0 Å². The third-order valence-electron chi connectivity index (χ3n) is 4.31. The molecule has 2 aromatic rings. The van der Waals surface area contributed by atoms with Gasteiger partial charge in [-0.15, -0.1) is 0 Å². The molecule has 118 valence electrons. The molecule has 0 radical (unpaired) electrons. The van der Waals surface area contributed by atoms with Crippen LogP contribution >= 0.6 is 0 Å². The number of aromatic amines is 1. The number of aliphatic hydroxyl groups is 1. The molecule has 1 fully saturated rings. The lowest BCUT2D eigenvalue weighted by Gasteiger charge is -2.34. The van der Waals surface area contributed by atoms with Gasteiger partial charge < -0.3 is 5.11 Å². The molecule has 1 atom stereocenters. The fourth-order valence-corrected chi connectivity index (χ4v) is 3.04. The van der Waals surface area contributed by atoms with Crippen LogP contribution in [0, 0.1) is 17.6 Å². The molecule has 1 aliphatic rings. The first kappa shape index (κ1) is 15.1. The number of aliphatic hydroxyl groups excluding tert-OH is 1. The predicted octanol–water partition coefficient (Wildman–Crippen LogP) is 2.63. The van der Waals surface area contributed by atoms with Gasteiger partial charge >= 0.3 is 0 Å². The minimum Gasteiger partial charge on any atom is -0.388 e. The molecule has 3 rings (SSSR count). The third-order valence-corrected chi connectivity index (χ3v) is 4.31. The summed E-state index contributed by atoms with van der Waals surface area (Å²) in [6, 6.07) is 5.17. The van der Waals surface area contributed by atoms with Crippen LogP contribution in [0.4, 0.5) is 8.78 Å². The van der Waals surface area contributed by atoms with E-state index in [1.54, 1.807) is 6.20 Å². The Hall–Kier alpha value is -1.79. The fourth-order valence-electron chi connectivity index (χ4n) is 3.04. The molecule has 0 saturated carbocycles. The number of halogens is 2. The molecule has 0 aliphatic carbocycles. The van der Waals surface area contributed by atoms with E-state index in [2.05, 4.69) is 15.1 Å². The van der Waals surface area contributed by atoms with E-state index in [-0.39, 0.29) is 11.5 Å². The van der Waals surface area contributed by atoms with E-state index < -0.39 is 17.7 Å². The number of aromatic nitrogens is 2. The molecule has 0 spiro atoms. The van der Waals surface area contributed by atoms with Crippen LogP contribution in [0.3, 0.4) is 0 Å². The molecule has 4 nitrogen and oxygen atoms in total. The first-order valence-corrected chi connectivity index (χ1v) is 7.47. The highest BCUT2D eigenvalue weighted by molar-refractivity contribution is 5.21. The van der Waals surface area contributed by atoms with E-state index >= 15 is 0 Å². The summed E-state index contributed by atoms with van der Waals surface area (Å²) in [4.78, 5) is 2.26. The van der Waals surface area contributed by atoms with Gasteiger partial charge in [0.1, 0.15) is 11.6 Å². The van der Waals surface area contributed by atoms with Crippen LogP contribution in [-0.4, -0.2) is 33.3 Å². The first-order valence-electron chi connectivity index (χ1n) is 7.47. The van der Waals surface area contributed by atoms with E-state index in [1.807, 2.05) is 6.07 Å². The second-order valence-corrected chi connectivity index (χ2v) is 5.81. The molecular weight excluding hydrogens is 288 g/mol. The lowest BCUT2D eigenvalue weighted by molar-refractivity contribution is 0.0539. The van der Waals surface area contributed by atoms with Crippen molar-refractivity contribution >= 4 is 0 Å². The minimum atomic E-state index is -0.954. The smallest absolute Gasteiger partial charge is 0.129 e. The highest BCUT2D eigenvalue weighted by atomic mass is 19.1. The number of piperidine rings is 1. The van der Waals surface area contributed by atoms with Gasteiger partial charge in [-0.2, -0.15) is 5.10 Å². The van der Waals surface area contributed by atoms with Crippen LogP contribution in [0.15, 0.2) is 30.5 Å². The Bertz CT molecular complexity index is 610. The number of nitrogens with zero attached hydrogens (tertiary/aromatic N) is 2. The van der Waals surface area contributed by atoms with Crippen molar-refractivity contribution in [1.29, 1.82) is 0 Å². The maximum atomic E-state index is 13.8. The van der Waals surface area contributed by atoms with Crippen molar-refractivity contribution in [2.45, 2.75) is 25.5 Å². The van der Waals surface area contributed by atoms with Crippen molar-refractivity contribution in [2.75, 3.05) is 13.1 Å². The summed E-state index contributed by atoms with van der Waals surface area (Å²) in [5.41, 5.74) is 1.11. The largest absolute Gasteiger partial charge is 0.388 e. The molecular formula is C16H19F2N3O. The maximum absolute atomic E-state index is 13.8. The zero-order valence-electron chi connectivity index (χ0n) is 12.2. The number of hydrogen-bond donors (Lipinski definition) is 2. The Balaban J connectivity index is 1.59. The molecule has 1 unspecified atom stereocenters. The topological polar surface area (TPSA) is 52.1 Å². The molecule has 1 saturated heterocycles.